The number of amides is 1. The summed E-state index contributed by atoms with van der Waals surface area (Å²) in [6.45, 7) is 1.87. The van der Waals surface area contributed by atoms with Gasteiger partial charge in [0.2, 0.25) is 5.91 Å². The van der Waals surface area contributed by atoms with E-state index in [0.29, 0.717) is 16.8 Å². The third-order valence-electron chi connectivity index (χ3n) is 4.17. The number of benzene rings is 1. The SMILES string of the molecule is Cc1cc(NC(=O)CSC2CCCCC2)n(-c2ccc(F)cc2)n1. The third kappa shape index (κ3) is 4.38. The molecule has 0 unspecified atom stereocenters. The molecule has 0 saturated heterocycles. The van der Waals surface area contributed by atoms with E-state index in [-0.39, 0.29) is 11.7 Å². The van der Waals surface area contributed by atoms with Crippen molar-refractivity contribution in [3.05, 3.63) is 41.8 Å². The summed E-state index contributed by atoms with van der Waals surface area (Å²) in [6, 6.07) is 7.89. The van der Waals surface area contributed by atoms with Crippen LogP contribution >= 0.6 is 11.8 Å². The summed E-state index contributed by atoms with van der Waals surface area (Å²) < 4.78 is 14.7. The zero-order valence-corrected chi connectivity index (χ0v) is 14.6. The van der Waals surface area contributed by atoms with E-state index in [4.69, 9.17) is 0 Å². The molecule has 1 saturated carbocycles. The molecule has 1 aromatic carbocycles. The zero-order chi connectivity index (χ0) is 16.9. The molecule has 0 spiro atoms. The number of carbonyl (C=O) groups is 1. The maximum absolute atomic E-state index is 13.1. The molecule has 6 heteroatoms. The Hall–Kier alpha value is -1.82. The van der Waals surface area contributed by atoms with Crippen LogP contribution in [0.2, 0.25) is 0 Å². The Bertz CT molecular complexity index is 693. The molecule has 1 aliphatic carbocycles. The number of hydrogen-bond donors (Lipinski definition) is 1. The Kier molecular flexibility index (Phi) is 5.56. The fourth-order valence-electron chi connectivity index (χ4n) is 2.97. The fraction of sp³-hybridized carbons (Fsp3) is 0.444. The summed E-state index contributed by atoms with van der Waals surface area (Å²) in [5.41, 5.74) is 1.52. The van der Waals surface area contributed by atoms with Crippen LogP contribution in [0.3, 0.4) is 0 Å². The monoisotopic (exact) mass is 347 g/mol. The molecule has 3 rings (SSSR count). The first-order valence-electron chi connectivity index (χ1n) is 8.36. The molecule has 0 atom stereocenters. The minimum Gasteiger partial charge on any atom is -0.310 e. The van der Waals surface area contributed by atoms with Crippen molar-refractivity contribution in [2.45, 2.75) is 44.3 Å². The summed E-state index contributed by atoms with van der Waals surface area (Å²) in [5, 5.41) is 7.92. The Morgan fingerprint density at radius 3 is 2.71 bits per heavy atom. The Labute approximate surface area is 145 Å². The first kappa shape index (κ1) is 17.0. The van der Waals surface area contributed by atoms with Crippen molar-refractivity contribution in [3.8, 4) is 5.69 Å². The second kappa shape index (κ2) is 7.83. The normalized spacial score (nSPS) is 15.4. The molecule has 1 fully saturated rings. The second-order valence-electron chi connectivity index (χ2n) is 6.18. The number of carbonyl (C=O) groups excluding carboxylic acids is 1. The zero-order valence-electron chi connectivity index (χ0n) is 13.8. The van der Waals surface area contributed by atoms with Crippen molar-refractivity contribution in [2.24, 2.45) is 0 Å². The van der Waals surface area contributed by atoms with Crippen molar-refractivity contribution < 1.29 is 9.18 Å². The highest BCUT2D eigenvalue weighted by atomic mass is 32.2. The maximum Gasteiger partial charge on any atom is 0.235 e. The lowest BCUT2D eigenvalue weighted by atomic mass is 10.0. The molecule has 0 bridgehead atoms. The average Bonchev–Trinajstić information content (AvgIpc) is 2.95. The van der Waals surface area contributed by atoms with Gasteiger partial charge in [-0.25, -0.2) is 9.07 Å². The van der Waals surface area contributed by atoms with Gasteiger partial charge in [-0.2, -0.15) is 5.10 Å². The summed E-state index contributed by atoms with van der Waals surface area (Å²) in [7, 11) is 0. The molecule has 1 aliphatic rings. The van der Waals surface area contributed by atoms with Gasteiger partial charge in [0.05, 0.1) is 17.1 Å². The van der Waals surface area contributed by atoms with E-state index < -0.39 is 0 Å². The number of anilines is 1. The summed E-state index contributed by atoms with van der Waals surface area (Å²) in [6.07, 6.45) is 6.29. The average molecular weight is 347 g/mol. The number of hydrogen-bond acceptors (Lipinski definition) is 3. The lowest BCUT2D eigenvalue weighted by Crippen LogP contribution is -2.19. The van der Waals surface area contributed by atoms with E-state index >= 15 is 0 Å². The molecule has 4 nitrogen and oxygen atoms in total. The van der Waals surface area contributed by atoms with Gasteiger partial charge in [0.15, 0.2) is 0 Å². The van der Waals surface area contributed by atoms with Crippen molar-refractivity contribution in [2.75, 3.05) is 11.1 Å². The Morgan fingerprint density at radius 1 is 1.29 bits per heavy atom. The van der Waals surface area contributed by atoms with E-state index in [1.54, 1.807) is 28.6 Å². The van der Waals surface area contributed by atoms with Gasteiger partial charge in [0.1, 0.15) is 11.6 Å². The van der Waals surface area contributed by atoms with Crippen molar-refractivity contribution in [1.29, 1.82) is 0 Å². The number of rotatable bonds is 5. The molecule has 1 aromatic heterocycles. The quantitative estimate of drug-likeness (QED) is 0.876. The van der Waals surface area contributed by atoms with Crippen molar-refractivity contribution in [1.82, 2.24) is 9.78 Å². The topological polar surface area (TPSA) is 46.9 Å². The molecule has 1 N–H and O–H groups in total. The molecule has 1 heterocycles. The van der Waals surface area contributed by atoms with Crippen molar-refractivity contribution >= 4 is 23.5 Å². The minimum atomic E-state index is -0.294. The van der Waals surface area contributed by atoms with Gasteiger partial charge in [-0.15, -0.1) is 11.8 Å². The Balaban J connectivity index is 1.64. The van der Waals surface area contributed by atoms with Crippen LogP contribution in [0.25, 0.3) is 5.69 Å². The first-order chi connectivity index (χ1) is 11.6. The van der Waals surface area contributed by atoms with E-state index in [1.807, 2.05) is 13.0 Å². The molecule has 0 aliphatic heterocycles. The van der Waals surface area contributed by atoms with Gasteiger partial charge < -0.3 is 5.32 Å². The lowest BCUT2D eigenvalue weighted by Gasteiger charge is -2.20. The van der Waals surface area contributed by atoms with Gasteiger partial charge in [0.25, 0.3) is 0 Å². The predicted molar refractivity (Wildman–Crippen MR) is 96.2 cm³/mol. The number of aryl methyl sites for hydroxylation is 1. The number of nitrogens with zero attached hydrogens (tertiary/aromatic N) is 2. The highest BCUT2D eigenvalue weighted by Gasteiger charge is 2.16. The van der Waals surface area contributed by atoms with E-state index in [1.165, 1.54) is 44.2 Å². The molecule has 0 radical (unpaired) electrons. The van der Waals surface area contributed by atoms with Crippen LogP contribution in [0.4, 0.5) is 10.2 Å². The predicted octanol–water partition coefficient (Wildman–Crippen LogP) is 4.32. The van der Waals surface area contributed by atoms with E-state index in [0.717, 1.165) is 11.4 Å². The van der Waals surface area contributed by atoms with Crippen LogP contribution in [0.5, 0.6) is 0 Å². The van der Waals surface area contributed by atoms with Crippen LogP contribution in [0.15, 0.2) is 30.3 Å². The van der Waals surface area contributed by atoms with E-state index in [2.05, 4.69) is 10.4 Å². The molecule has 2 aromatic rings. The van der Waals surface area contributed by atoms with Gasteiger partial charge in [-0.1, -0.05) is 19.3 Å². The van der Waals surface area contributed by atoms with Gasteiger partial charge >= 0.3 is 0 Å². The smallest absolute Gasteiger partial charge is 0.235 e. The molecule has 1 amide bonds. The van der Waals surface area contributed by atoms with Crippen LogP contribution < -0.4 is 5.32 Å². The molecule has 128 valence electrons. The second-order valence-corrected chi connectivity index (χ2v) is 7.47. The maximum atomic E-state index is 13.1. The number of thioether (sulfide) groups is 1. The standard InChI is InChI=1S/C18H22FN3OS/c1-13-11-17(22(21-13)15-9-7-14(19)8-10-15)20-18(23)12-24-16-5-3-2-4-6-16/h7-11,16H,2-6,12H2,1H3,(H,20,23). The van der Waals surface area contributed by atoms with Gasteiger partial charge in [0, 0.05) is 11.3 Å². The highest BCUT2D eigenvalue weighted by molar-refractivity contribution is 8.00. The minimum absolute atomic E-state index is 0.0196. The fourth-order valence-corrected chi connectivity index (χ4v) is 4.10. The van der Waals surface area contributed by atoms with Gasteiger partial charge in [-0.3, -0.25) is 4.79 Å². The number of aromatic nitrogens is 2. The highest BCUT2D eigenvalue weighted by Crippen LogP contribution is 2.28. The van der Waals surface area contributed by atoms with Crippen molar-refractivity contribution in [3.63, 3.8) is 0 Å². The largest absolute Gasteiger partial charge is 0.310 e. The summed E-state index contributed by atoms with van der Waals surface area (Å²) in [5.74, 6) is 0.762. The van der Waals surface area contributed by atoms with Crippen LogP contribution in [-0.2, 0) is 4.79 Å². The summed E-state index contributed by atoms with van der Waals surface area (Å²) >= 11 is 1.74. The lowest BCUT2D eigenvalue weighted by molar-refractivity contribution is -0.113. The molecular weight excluding hydrogens is 325 g/mol. The third-order valence-corrected chi connectivity index (χ3v) is 5.54. The number of halogens is 1. The van der Waals surface area contributed by atoms with Gasteiger partial charge in [-0.05, 0) is 44.0 Å². The van der Waals surface area contributed by atoms with Crippen LogP contribution in [-0.4, -0.2) is 26.7 Å². The first-order valence-corrected chi connectivity index (χ1v) is 9.41. The Morgan fingerprint density at radius 2 is 2.00 bits per heavy atom. The molecular formula is C18H22FN3OS. The van der Waals surface area contributed by atoms with Crippen LogP contribution in [0.1, 0.15) is 37.8 Å². The van der Waals surface area contributed by atoms with E-state index in [9.17, 15) is 9.18 Å². The number of nitrogens with one attached hydrogen (secondary N) is 1. The summed E-state index contributed by atoms with van der Waals surface area (Å²) in [4.78, 5) is 12.3. The molecule has 24 heavy (non-hydrogen) atoms. The van der Waals surface area contributed by atoms with Crippen LogP contribution in [0, 0.1) is 12.7 Å².